The first-order valence-electron chi connectivity index (χ1n) is 7.24. The van der Waals surface area contributed by atoms with E-state index < -0.39 is 0 Å². The Hall–Kier alpha value is -2.75. The summed E-state index contributed by atoms with van der Waals surface area (Å²) >= 11 is 0. The molecule has 0 saturated carbocycles. The number of aromatic nitrogens is 2. The first kappa shape index (κ1) is 14.2. The molecule has 0 aliphatic heterocycles. The van der Waals surface area contributed by atoms with Gasteiger partial charge < -0.3 is 0 Å². The lowest BCUT2D eigenvalue weighted by atomic mass is 10.0. The van der Waals surface area contributed by atoms with Crippen LogP contribution in [0.3, 0.4) is 0 Å². The van der Waals surface area contributed by atoms with Crippen molar-refractivity contribution in [2.45, 2.75) is 20.8 Å². The number of rotatable bonds is 3. The summed E-state index contributed by atoms with van der Waals surface area (Å²) in [7, 11) is 0. The highest BCUT2D eigenvalue weighted by Gasteiger charge is 2.04. The van der Waals surface area contributed by atoms with Crippen LogP contribution in [0.2, 0.25) is 0 Å². The van der Waals surface area contributed by atoms with E-state index in [1.165, 1.54) is 10.8 Å². The Morgan fingerprint density at radius 1 is 0.955 bits per heavy atom. The molecule has 1 aromatic heterocycles. The number of aryl methyl sites for hydroxylation is 2. The number of nitrogens with zero attached hydrogens (tertiary/aromatic N) is 3. The minimum Gasteiger partial charge on any atom is -0.245 e. The highest BCUT2D eigenvalue weighted by atomic mass is 15.4. The first-order chi connectivity index (χ1) is 10.6. The van der Waals surface area contributed by atoms with Gasteiger partial charge in [0.05, 0.1) is 5.71 Å². The molecule has 0 fully saturated rings. The summed E-state index contributed by atoms with van der Waals surface area (Å²) in [5.41, 5.74) is 6.81. The number of hydrogen-bond donors (Lipinski definition) is 1. The number of fused-ring (bicyclic) bond motifs is 1. The SMILES string of the molecule is C/C(=N/Nc1nc(C)cc(C)n1)c1cccc2ccccc12. The molecule has 3 aromatic rings. The van der Waals surface area contributed by atoms with Crippen LogP contribution < -0.4 is 5.43 Å². The van der Waals surface area contributed by atoms with Gasteiger partial charge in [0.2, 0.25) is 5.95 Å². The van der Waals surface area contributed by atoms with Gasteiger partial charge >= 0.3 is 0 Å². The average Bonchev–Trinajstić information content (AvgIpc) is 2.51. The number of benzene rings is 2. The predicted octanol–water partition coefficient (Wildman–Crippen LogP) is 4.08. The highest BCUT2D eigenvalue weighted by Crippen LogP contribution is 2.19. The van der Waals surface area contributed by atoms with Crippen LogP contribution in [-0.4, -0.2) is 15.7 Å². The van der Waals surface area contributed by atoms with Gasteiger partial charge in [-0.05, 0) is 37.6 Å². The molecule has 0 saturated heterocycles. The molecule has 1 N–H and O–H groups in total. The van der Waals surface area contributed by atoms with Crippen LogP contribution in [0.15, 0.2) is 53.6 Å². The fraction of sp³-hybridized carbons (Fsp3) is 0.167. The molecule has 1 heterocycles. The van der Waals surface area contributed by atoms with Crippen LogP contribution >= 0.6 is 0 Å². The molecule has 0 atom stereocenters. The second-order valence-corrected chi connectivity index (χ2v) is 5.31. The molecule has 0 bridgehead atoms. The van der Waals surface area contributed by atoms with E-state index in [2.05, 4.69) is 44.8 Å². The van der Waals surface area contributed by atoms with Crippen molar-refractivity contribution in [2.24, 2.45) is 5.10 Å². The monoisotopic (exact) mass is 290 g/mol. The normalized spacial score (nSPS) is 11.7. The van der Waals surface area contributed by atoms with Crippen LogP contribution in [0.5, 0.6) is 0 Å². The zero-order valence-electron chi connectivity index (χ0n) is 13.0. The zero-order chi connectivity index (χ0) is 15.5. The summed E-state index contributed by atoms with van der Waals surface area (Å²) in [5.74, 6) is 0.525. The maximum absolute atomic E-state index is 4.44. The molecule has 0 aliphatic rings. The summed E-state index contributed by atoms with van der Waals surface area (Å²) in [6.45, 7) is 5.87. The van der Waals surface area contributed by atoms with Gasteiger partial charge in [-0.2, -0.15) is 5.10 Å². The minimum atomic E-state index is 0.525. The Morgan fingerprint density at radius 2 is 1.64 bits per heavy atom. The fourth-order valence-corrected chi connectivity index (χ4v) is 2.51. The van der Waals surface area contributed by atoms with E-state index in [-0.39, 0.29) is 0 Å². The third-order valence-electron chi connectivity index (χ3n) is 3.49. The lowest BCUT2D eigenvalue weighted by Crippen LogP contribution is -2.04. The molecule has 0 unspecified atom stereocenters. The molecule has 4 nitrogen and oxygen atoms in total. The minimum absolute atomic E-state index is 0.525. The summed E-state index contributed by atoms with van der Waals surface area (Å²) in [5, 5.41) is 6.83. The molecule has 110 valence electrons. The highest BCUT2D eigenvalue weighted by molar-refractivity contribution is 6.09. The molecule has 0 spiro atoms. The topological polar surface area (TPSA) is 50.2 Å². The van der Waals surface area contributed by atoms with Crippen molar-refractivity contribution in [3.8, 4) is 0 Å². The number of anilines is 1. The van der Waals surface area contributed by atoms with Gasteiger partial charge in [-0.25, -0.2) is 15.4 Å². The van der Waals surface area contributed by atoms with Crippen molar-refractivity contribution in [3.63, 3.8) is 0 Å². The van der Waals surface area contributed by atoms with Crippen LogP contribution in [0.25, 0.3) is 10.8 Å². The second kappa shape index (κ2) is 5.93. The third kappa shape index (κ3) is 2.96. The maximum Gasteiger partial charge on any atom is 0.243 e. The smallest absolute Gasteiger partial charge is 0.243 e. The van der Waals surface area contributed by atoms with Crippen molar-refractivity contribution in [1.82, 2.24) is 9.97 Å². The van der Waals surface area contributed by atoms with Gasteiger partial charge in [0.1, 0.15) is 0 Å². The van der Waals surface area contributed by atoms with Crippen molar-refractivity contribution >= 4 is 22.4 Å². The van der Waals surface area contributed by atoms with E-state index in [0.717, 1.165) is 22.7 Å². The Kier molecular flexibility index (Phi) is 3.83. The Labute approximate surface area is 129 Å². The van der Waals surface area contributed by atoms with Crippen molar-refractivity contribution < 1.29 is 0 Å². The quantitative estimate of drug-likeness (QED) is 0.584. The average molecular weight is 290 g/mol. The Balaban J connectivity index is 1.93. The van der Waals surface area contributed by atoms with Crippen molar-refractivity contribution in [1.29, 1.82) is 0 Å². The number of nitrogens with one attached hydrogen (secondary N) is 1. The Bertz CT molecular complexity index is 827. The largest absolute Gasteiger partial charge is 0.245 e. The lowest BCUT2D eigenvalue weighted by Gasteiger charge is -2.07. The van der Waals surface area contributed by atoms with Crippen LogP contribution in [-0.2, 0) is 0 Å². The zero-order valence-corrected chi connectivity index (χ0v) is 13.0. The van der Waals surface area contributed by atoms with Gasteiger partial charge in [0, 0.05) is 17.0 Å². The van der Waals surface area contributed by atoms with Gasteiger partial charge in [0.25, 0.3) is 0 Å². The molecule has 4 heteroatoms. The van der Waals surface area contributed by atoms with Crippen LogP contribution in [0.4, 0.5) is 5.95 Å². The first-order valence-corrected chi connectivity index (χ1v) is 7.24. The van der Waals surface area contributed by atoms with E-state index in [1.807, 2.05) is 45.0 Å². The predicted molar refractivity (Wildman–Crippen MR) is 91.3 cm³/mol. The summed E-state index contributed by atoms with van der Waals surface area (Å²) in [4.78, 5) is 8.67. The third-order valence-corrected chi connectivity index (χ3v) is 3.49. The van der Waals surface area contributed by atoms with Gasteiger partial charge in [-0.3, -0.25) is 0 Å². The van der Waals surface area contributed by atoms with Crippen molar-refractivity contribution in [3.05, 3.63) is 65.5 Å². The maximum atomic E-state index is 4.44. The van der Waals surface area contributed by atoms with Gasteiger partial charge in [-0.1, -0.05) is 42.5 Å². The molecule has 3 rings (SSSR count). The molecule has 0 aliphatic carbocycles. The second-order valence-electron chi connectivity index (χ2n) is 5.31. The number of hydrazone groups is 1. The fourth-order valence-electron chi connectivity index (χ4n) is 2.51. The molecule has 0 amide bonds. The lowest BCUT2D eigenvalue weighted by molar-refractivity contribution is 1.03. The van der Waals surface area contributed by atoms with Gasteiger partial charge in [0.15, 0.2) is 0 Å². The summed E-state index contributed by atoms with van der Waals surface area (Å²) in [6.07, 6.45) is 0. The number of hydrogen-bond acceptors (Lipinski definition) is 4. The van der Waals surface area contributed by atoms with E-state index in [1.54, 1.807) is 0 Å². The van der Waals surface area contributed by atoms with Gasteiger partial charge in [-0.15, -0.1) is 0 Å². The van der Waals surface area contributed by atoms with Crippen molar-refractivity contribution in [2.75, 3.05) is 5.43 Å². The van der Waals surface area contributed by atoms with E-state index in [0.29, 0.717) is 5.95 Å². The van der Waals surface area contributed by atoms with E-state index >= 15 is 0 Å². The molecular weight excluding hydrogens is 272 g/mol. The Morgan fingerprint density at radius 3 is 2.41 bits per heavy atom. The molecule has 2 aromatic carbocycles. The summed E-state index contributed by atoms with van der Waals surface area (Å²) < 4.78 is 0. The summed E-state index contributed by atoms with van der Waals surface area (Å²) in [6, 6.07) is 16.5. The van der Waals surface area contributed by atoms with Crippen LogP contribution in [0, 0.1) is 13.8 Å². The standard InChI is InChI=1S/C18H18N4/c1-12-11-13(2)20-18(19-12)22-21-14(3)16-10-6-8-15-7-4-5-9-17(15)16/h4-11H,1-3H3,(H,19,20,22)/b21-14-. The molecular formula is C18H18N4. The van der Waals surface area contributed by atoms with E-state index in [4.69, 9.17) is 0 Å². The molecule has 0 radical (unpaired) electrons. The van der Waals surface area contributed by atoms with Crippen LogP contribution in [0.1, 0.15) is 23.9 Å². The van der Waals surface area contributed by atoms with E-state index in [9.17, 15) is 0 Å². The molecule has 22 heavy (non-hydrogen) atoms.